The highest BCUT2D eigenvalue weighted by molar-refractivity contribution is 5.77. The van der Waals surface area contributed by atoms with Gasteiger partial charge in [0.1, 0.15) is 12.7 Å². The van der Waals surface area contributed by atoms with Crippen LogP contribution in [0.4, 0.5) is 5.69 Å². The van der Waals surface area contributed by atoms with Gasteiger partial charge in [0.15, 0.2) is 0 Å². The number of hydrogen-bond acceptors (Lipinski definition) is 3. The zero-order valence-corrected chi connectivity index (χ0v) is 16.5. The van der Waals surface area contributed by atoms with Crippen molar-refractivity contribution in [3.63, 3.8) is 0 Å². The van der Waals surface area contributed by atoms with Crippen LogP contribution in [0.1, 0.15) is 17.2 Å². The number of piperazine rings is 1. The SMILES string of the molecule is O=C(COC(c1ccccc1)c1ccccc1)N1CCN(c2ccccc2)CC1. The minimum atomic E-state index is -0.244. The molecule has 3 aromatic rings. The summed E-state index contributed by atoms with van der Waals surface area (Å²) >= 11 is 0. The molecule has 0 atom stereocenters. The molecule has 3 aromatic carbocycles. The average Bonchev–Trinajstić information content (AvgIpc) is 2.81. The van der Waals surface area contributed by atoms with Crippen LogP contribution in [0.25, 0.3) is 0 Å². The molecule has 4 nitrogen and oxygen atoms in total. The topological polar surface area (TPSA) is 32.8 Å². The zero-order valence-electron chi connectivity index (χ0n) is 16.5. The molecule has 148 valence electrons. The van der Waals surface area contributed by atoms with Crippen molar-refractivity contribution in [2.75, 3.05) is 37.7 Å². The number of anilines is 1. The van der Waals surface area contributed by atoms with E-state index < -0.39 is 0 Å². The highest BCUT2D eigenvalue weighted by atomic mass is 16.5. The Hall–Kier alpha value is -3.11. The summed E-state index contributed by atoms with van der Waals surface area (Å²) in [6.07, 6.45) is -0.244. The smallest absolute Gasteiger partial charge is 0.248 e. The van der Waals surface area contributed by atoms with E-state index in [0.29, 0.717) is 0 Å². The quantitative estimate of drug-likeness (QED) is 0.638. The van der Waals surface area contributed by atoms with Crippen molar-refractivity contribution >= 4 is 11.6 Å². The van der Waals surface area contributed by atoms with E-state index in [2.05, 4.69) is 17.0 Å². The van der Waals surface area contributed by atoms with Crippen LogP contribution in [0.15, 0.2) is 91.0 Å². The van der Waals surface area contributed by atoms with E-state index in [4.69, 9.17) is 4.74 Å². The van der Waals surface area contributed by atoms with E-state index in [1.54, 1.807) is 0 Å². The number of carbonyl (C=O) groups excluding carboxylic acids is 1. The molecule has 1 heterocycles. The maximum absolute atomic E-state index is 12.8. The second-order valence-electron chi connectivity index (χ2n) is 7.22. The average molecular weight is 386 g/mol. The number of ether oxygens (including phenoxy) is 1. The Kier molecular flexibility index (Phi) is 6.22. The third-order valence-electron chi connectivity index (χ3n) is 5.33. The second-order valence-corrected chi connectivity index (χ2v) is 7.22. The van der Waals surface area contributed by atoms with Gasteiger partial charge in [0, 0.05) is 31.9 Å². The fourth-order valence-corrected chi connectivity index (χ4v) is 3.74. The number of hydrogen-bond donors (Lipinski definition) is 0. The number of benzene rings is 3. The van der Waals surface area contributed by atoms with Crippen LogP contribution >= 0.6 is 0 Å². The van der Waals surface area contributed by atoms with Crippen LogP contribution in [0.5, 0.6) is 0 Å². The molecule has 1 fully saturated rings. The van der Waals surface area contributed by atoms with Crippen molar-refractivity contribution in [3.8, 4) is 0 Å². The monoisotopic (exact) mass is 386 g/mol. The molecular formula is C25H26N2O2. The van der Waals surface area contributed by atoms with Crippen molar-refractivity contribution in [2.45, 2.75) is 6.10 Å². The Labute approximate surface area is 172 Å². The highest BCUT2D eigenvalue weighted by Gasteiger charge is 2.23. The summed E-state index contributed by atoms with van der Waals surface area (Å²) in [7, 11) is 0. The van der Waals surface area contributed by atoms with E-state index in [1.165, 1.54) is 5.69 Å². The van der Waals surface area contributed by atoms with Gasteiger partial charge < -0.3 is 14.5 Å². The Morgan fingerprint density at radius 2 is 1.21 bits per heavy atom. The number of nitrogens with zero attached hydrogens (tertiary/aromatic N) is 2. The summed E-state index contributed by atoms with van der Waals surface area (Å²) in [5, 5.41) is 0. The number of rotatable bonds is 6. The second kappa shape index (κ2) is 9.39. The largest absolute Gasteiger partial charge is 0.368 e. The van der Waals surface area contributed by atoms with E-state index >= 15 is 0 Å². The third kappa shape index (κ3) is 4.84. The summed E-state index contributed by atoms with van der Waals surface area (Å²) in [6, 6.07) is 30.5. The van der Waals surface area contributed by atoms with Gasteiger partial charge in [-0.25, -0.2) is 0 Å². The van der Waals surface area contributed by atoms with Crippen LogP contribution < -0.4 is 4.90 Å². The first-order chi connectivity index (χ1) is 14.3. The maximum atomic E-state index is 12.8. The lowest BCUT2D eigenvalue weighted by molar-refractivity contribution is -0.137. The van der Waals surface area contributed by atoms with E-state index in [0.717, 1.165) is 37.3 Å². The van der Waals surface area contributed by atoms with Gasteiger partial charge in [-0.2, -0.15) is 0 Å². The van der Waals surface area contributed by atoms with Crippen LogP contribution in [-0.2, 0) is 9.53 Å². The predicted octanol–water partition coefficient (Wildman–Crippen LogP) is 4.14. The molecule has 0 radical (unpaired) electrons. The normalized spacial score (nSPS) is 14.2. The van der Waals surface area contributed by atoms with Gasteiger partial charge in [-0.05, 0) is 23.3 Å². The minimum absolute atomic E-state index is 0.0505. The molecule has 1 amide bonds. The van der Waals surface area contributed by atoms with Crippen LogP contribution in [0, 0.1) is 0 Å². The number of carbonyl (C=O) groups is 1. The molecule has 4 rings (SSSR count). The van der Waals surface area contributed by atoms with E-state index in [-0.39, 0.29) is 18.6 Å². The molecule has 4 heteroatoms. The van der Waals surface area contributed by atoms with Crippen molar-refractivity contribution in [2.24, 2.45) is 0 Å². The fourth-order valence-electron chi connectivity index (χ4n) is 3.74. The first kappa shape index (κ1) is 19.2. The molecule has 0 N–H and O–H groups in total. The lowest BCUT2D eigenvalue weighted by atomic mass is 10.0. The van der Waals surface area contributed by atoms with Gasteiger partial charge in [-0.15, -0.1) is 0 Å². The standard InChI is InChI=1S/C25H26N2O2/c28-24(27-18-16-26(17-19-27)23-14-8-3-9-15-23)20-29-25(21-10-4-1-5-11-21)22-12-6-2-7-13-22/h1-15,25H,16-20H2. The van der Waals surface area contributed by atoms with Crippen LogP contribution in [0.2, 0.25) is 0 Å². The van der Waals surface area contributed by atoms with Gasteiger partial charge in [0.25, 0.3) is 0 Å². The lowest BCUT2D eigenvalue weighted by Crippen LogP contribution is -2.49. The highest BCUT2D eigenvalue weighted by Crippen LogP contribution is 2.26. The zero-order chi connectivity index (χ0) is 19.9. The van der Waals surface area contributed by atoms with Crippen molar-refractivity contribution in [1.82, 2.24) is 4.90 Å². The van der Waals surface area contributed by atoms with Gasteiger partial charge in [0.2, 0.25) is 5.91 Å². The fraction of sp³-hybridized carbons (Fsp3) is 0.240. The first-order valence-corrected chi connectivity index (χ1v) is 10.1. The lowest BCUT2D eigenvalue weighted by Gasteiger charge is -2.36. The van der Waals surface area contributed by atoms with Gasteiger partial charge in [-0.1, -0.05) is 78.9 Å². The van der Waals surface area contributed by atoms with Crippen molar-refractivity contribution < 1.29 is 9.53 Å². The Morgan fingerprint density at radius 3 is 1.72 bits per heavy atom. The molecule has 0 aliphatic carbocycles. The summed E-state index contributed by atoms with van der Waals surface area (Å²) < 4.78 is 6.14. The molecule has 0 aromatic heterocycles. The maximum Gasteiger partial charge on any atom is 0.248 e. The Balaban J connectivity index is 1.36. The Bertz CT molecular complexity index is 852. The molecule has 1 saturated heterocycles. The number of para-hydroxylation sites is 1. The van der Waals surface area contributed by atoms with Gasteiger partial charge in [-0.3, -0.25) is 4.79 Å². The molecule has 0 spiro atoms. The Morgan fingerprint density at radius 1 is 0.724 bits per heavy atom. The number of amides is 1. The van der Waals surface area contributed by atoms with Crippen molar-refractivity contribution in [1.29, 1.82) is 0 Å². The van der Waals surface area contributed by atoms with Gasteiger partial charge >= 0.3 is 0 Å². The summed E-state index contributed by atoms with van der Waals surface area (Å²) in [5.41, 5.74) is 3.32. The molecular weight excluding hydrogens is 360 g/mol. The van der Waals surface area contributed by atoms with E-state index in [9.17, 15) is 4.79 Å². The molecule has 0 saturated carbocycles. The third-order valence-corrected chi connectivity index (χ3v) is 5.33. The first-order valence-electron chi connectivity index (χ1n) is 10.1. The summed E-state index contributed by atoms with van der Waals surface area (Å²) in [5.74, 6) is 0.0505. The van der Waals surface area contributed by atoms with Crippen molar-refractivity contribution in [3.05, 3.63) is 102 Å². The summed E-state index contributed by atoms with van der Waals surface area (Å²) in [4.78, 5) is 17.0. The summed E-state index contributed by atoms with van der Waals surface area (Å²) in [6.45, 7) is 3.21. The predicted molar refractivity (Wildman–Crippen MR) is 116 cm³/mol. The minimum Gasteiger partial charge on any atom is -0.368 e. The molecule has 0 unspecified atom stereocenters. The van der Waals surface area contributed by atoms with Crippen LogP contribution in [0.3, 0.4) is 0 Å². The molecule has 0 bridgehead atoms. The molecule has 29 heavy (non-hydrogen) atoms. The van der Waals surface area contributed by atoms with E-state index in [1.807, 2.05) is 83.8 Å². The van der Waals surface area contributed by atoms with Gasteiger partial charge in [0.05, 0.1) is 0 Å². The van der Waals surface area contributed by atoms with Crippen LogP contribution in [-0.4, -0.2) is 43.6 Å². The molecule has 1 aliphatic heterocycles. The molecule has 1 aliphatic rings.